The van der Waals surface area contributed by atoms with Crippen LogP contribution in [0.1, 0.15) is 20.8 Å². The maximum Gasteiger partial charge on any atom is 0.432 e. The van der Waals surface area contributed by atoms with E-state index >= 15 is 0 Å². The summed E-state index contributed by atoms with van der Waals surface area (Å²) in [5, 5.41) is 4.49. The van der Waals surface area contributed by atoms with Gasteiger partial charge in [-0.2, -0.15) is 23.3 Å². The molecule has 1 saturated heterocycles. The van der Waals surface area contributed by atoms with E-state index in [-0.39, 0.29) is 29.2 Å². The Morgan fingerprint density at radius 1 is 1.20 bits per heavy atom. The predicted octanol–water partition coefficient (Wildman–Crippen LogP) is 3.44. The molecule has 0 radical (unpaired) electrons. The van der Waals surface area contributed by atoms with Gasteiger partial charge in [-0.25, -0.2) is 4.98 Å². The van der Waals surface area contributed by atoms with Crippen LogP contribution in [0, 0.1) is 11.8 Å². The topological polar surface area (TPSA) is 81.5 Å². The highest BCUT2D eigenvalue weighted by molar-refractivity contribution is 7.22. The number of amides is 2. The van der Waals surface area contributed by atoms with Crippen molar-refractivity contribution in [3.05, 3.63) is 24.3 Å². The second-order valence-corrected chi connectivity index (χ2v) is 9.88. The molecule has 2 amide bonds. The number of hydrogen-bond acceptors (Lipinski definition) is 7. The van der Waals surface area contributed by atoms with Crippen LogP contribution in [0.3, 0.4) is 0 Å². The average Bonchev–Trinajstić information content (AvgIpc) is 3.39. The Bertz CT molecular complexity index is 1130. The molecule has 0 N–H and O–H groups in total. The number of carbonyl (C=O) groups is 2. The number of nitrogens with zero attached hydrogens (tertiary/aromatic N) is 6. The first kappa shape index (κ1) is 25.2. The molecule has 1 unspecified atom stereocenters. The normalized spacial score (nSPS) is 20.3. The highest BCUT2D eigenvalue weighted by Gasteiger charge is 2.52. The first-order chi connectivity index (χ1) is 16.6. The Hall–Kier alpha value is -2.86. The first-order valence-electron chi connectivity index (χ1n) is 11.4. The lowest BCUT2D eigenvalue weighted by Gasteiger charge is -2.35. The zero-order valence-electron chi connectivity index (χ0n) is 19.7. The number of hydrogen-bond donors (Lipinski definition) is 0. The van der Waals surface area contributed by atoms with Gasteiger partial charge in [0.1, 0.15) is 5.92 Å². The zero-order chi connectivity index (χ0) is 25.3. The minimum absolute atomic E-state index is 0.0513. The molecule has 0 bridgehead atoms. The second kappa shape index (κ2) is 10.0. The van der Waals surface area contributed by atoms with Crippen LogP contribution in [0.25, 0.3) is 10.2 Å². The number of hydrazone groups is 1. The van der Waals surface area contributed by atoms with Gasteiger partial charge in [0, 0.05) is 44.4 Å². The molecule has 2 aromatic rings. The highest BCUT2D eigenvalue weighted by atomic mass is 32.1. The highest BCUT2D eigenvalue weighted by Crippen LogP contribution is 2.36. The van der Waals surface area contributed by atoms with Crippen LogP contribution in [-0.2, 0) is 9.59 Å². The van der Waals surface area contributed by atoms with E-state index in [0.29, 0.717) is 38.2 Å². The predicted molar refractivity (Wildman–Crippen MR) is 130 cm³/mol. The van der Waals surface area contributed by atoms with E-state index in [4.69, 9.17) is 0 Å². The van der Waals surface area contributed by atoms with E-state index in [1.165, 1.54) is 6.92 Å². The molecular weight excluding hydrogens is 481 g/mol. The first-order valence-corrected chi connectivity index (χ1v) is 12.2. The quantitative estimate of drug-likeness (QED) is 0.560. The molecule has 2 aliphatic heterocycles. The van der Waals surface area contributed by atoms with E-state index < -0.39 is 23.7 Å². The SMILES string of the molecule is CC(=NCCN1CCN(C(=O)C(C)C)CC1)C1C(=O)N(c2nc3ccccc3s2)N=C1C(F)(F)F. The number of benzene rings is 1. The van der Waals surface area contributed by atoms with Gasteiger partial charge < -0.3 is 4.90 Å². The second-order valence-electron chi connectivity index (χ2n) is 8.87. The standard InChI is InChI=1S/C23H27F3N6O2S/c1-14(2)20(33)31-12-10-30(11-13-31)9-8-27-15(3)18-19(23(24,25)26)29-32(21(18)34)22-28-16-6-4-5-7-17(16)35-22/h4-7,14,18H,8-13H2,1-3H3. The average molecular weight is 509 g/mol. The summed E-state index contributed by atoms with van der Waals surface area (Å²) in [6, 6.07) is 7.08. The number of piperazine rings is 1. The fraction of sp³-hybridized carbons (Fsp3) is 0.522. The number of aromatic nitrogens is 1. The summed E-state index contributed by atoms with van der Waals surface area (Å²) < 4.78 is 42.1. The fourth-order valence-electron chi connectivity index (χ4n) is 4.15. The molecule has 12 heteroatoms. The molecule has 1 atom stereocenters. The molecule has 1 aromatic heterocycles. The third kappa shape index (κ3) is 5.37. The minimum atomic E-state index is -4.78. The molecule has 2 aliphatic rings. The van der Waals surface area contributed by atoms with Crippen LogP contribution < -0.4 is 5.01 Å². The van der Waals surface area contributed by atoms with Crippen LogP contribution in [0.15, 0.2) is 34.4 Å². The van der Waals surface area contributed by atoms with Crippen molar-refractivity contribution >= 4 is 49.9 Å². The number of para-hydroxylation sites is 1. The lowest BCUT2D eigenvalue weighted by atomic mass is 9.98. The van der Waals surface area contributed by atoms with Gasteiger partial charge in [-0.05, 0) is 19.1 Å². The van der Waals surface area contributed by atoms with Crippen molar-refractivity contribution in [2.45, 2.75) is 26.9 Å². The van der Waals surface area contributed by atoms with Crippen LogP contribution >= 0.6 is 11.3 Å². The third-order valence-electron chi connectivity index (χ3n) is 6.06. The maximum absolute atomic E-state index is 13.8. The van der Waals surface area contributed by atoms with E-state index in [1.54, 1.807) is 24.3 Å². The van der Waals surface area contributed by atoms with Crippen molar-refractivity contribution in [3.63, 3.8) is 0 Å². The number of anilines is 1. The number of rotatable bonds is 6. The Labute approximate surface area is 205 Å². The molecule has 1 aromatic carbocycles. The Morgan fingerprint density at radius 3 is 2.51 bits per heavy atom. The van der Waals surface area contributed by atoms with Crippen LogP contribution in [-0.4, -0.2) is 83.5 Å². The van der Waals surface area contributed by atoms with Gasteiger partial charge in [-0.3, -0.25) is 19.5 Å². The van der Waals surface area contributed by atoms with Gasteiger partial charge in [0.05, 0.1) is 16.8 Å². The smallest absolute Gasteiger partial charge is 0.340 e. The Kier molecular flexibility index (Phi) is 7.22. The van der Waals surface area contributed by atoms with Gasteiger partial charge in [0.25, 0.3) is 5.91 Å². The van der Waals surface area contributed by atoms with E-state index in [0.717, 1.165) is 21.0 Å². The van der Waals surface area contributed by atoms with Crippen LogP contribution in [0.4, 0.5) is 18.3 Å². The summed E-state index contributed by atoms with van der Waals surface area (Å²) in [5.41, 5.74) is -0.514. The van der Waals surface area contributed by atoms with Crippen molar-refractivity contribution in [2.75, 3.05) is 44.3 Å². The summed E-state index contributed by atoms with van der Waals surface area (Å²) in [7, 11) is 0. The van der Waals surface area contributed by atoms with Crippen molar-refractivity contribution in [3.8, 4) is 0 Å². The third-order valence-corrected chi connectivity index (χ3v) is 7.08. The number of carbonyl (C=O) groups excluding carboxylic acids is 2. The summed E-state index contributed by atoms with van der Waals surface area (Å²) in [5.74, 6) is -2.33. The molecule has 1 fully saturated rings. The summed E-state index contributed by atoms with van der Waals surface area (Å²) in [4.78, 5) is 37.7. The molecule has 8 nitrogen and oxygen atoms in total. The largest absolute Gasteiger partial charge is 0.432 e. The number of halogens is 3. The maximum atomic E-state index is 13.8. The molecule has 3 heterocycles. The van der Waals surface area contributed by atoms with Gasteiger partial charge in [0.2, 0.25) is 11.0 Å². The molecular formula is C23H27F3N6O2S. The number of aliphatic imine (C=N–C) groups is 1. The van der Waals surface area contributed by atoms with E-state index in [2.05, 4.69) is 20.0 Å². The molecule has 188 valence electrons. The number of alkyl halides is 3. The van der Waals surface area contributed by atoms with E-state index in [9.17, 15) is 22.8 Å². The van der Waals surface area contributed by atoms with Crippen LogP contribution in [0.2, 0.25) is 0 Å². The fourth-order valence-corrected chi connectivity index (χ4v) is 5.08. The number of thiazole rings is 1. The lowest BCUT2D eigenvalue weighted by Crippen LogP contribution is -2.50. The molecule has 0 saturated carbocycles. The Morgan fingerprint density at radius 2 is 1.89 bits per heavy atom. The van der Waals surface area contributed by atoms with Crippen molar-refractivity contribution < 1.29 is 22.8 Å². The van der Waals surface area contributed by atoms with Crippen molar-refractivity contribution in [1.29, 1.82) is 0 Å². The zero-order valence-corrected chi connectivity index (χ0v) is 20.6. The van der Waals surface area contributed by atoms with Crippen molar-refractivity contribution in [1.82, 2.24) is 14.8 Å². The molecule has 0 spiro atoms. The Balaban J connectivity index is 1.43. The molecule has 35 heavy (non-hydrogen) atoms. The van der Waals surface area contributed by atoms with E-state index in [1.807, 2.05) is 18.7 Å². The molecule has 4 rings (SSSR count). The van der Waals surface area contributed by atoms with Gasteiger partial charge in [-0.1, -0.05) is 37.3 Å². The van der Waals surface area contributed by atoms with Crippen molar-refractivity contribution in [2.24, 2.45) is 21.9 Å². The molecule has 0 aliphatic carbocycles. The monoisotopic (exact) mass is 508 g/mol. The minimum Gasteiger partial charge on any atom is -0.340 e. The van der Waals surface area contributed by atoms with Gasteiger partial charge in [-0.15, -0.1) is 0 Å². The lowest BCUT2D eigenvalue weighted by molar-refractivity contribution is -0.136. The van der Waals surface area contributed by atoms with Gasteiger partial charge in [0.15, 0.2) is 5.71 Å². The summed E-state index contributed by atoms with van der Waals surface area (Å²) >= 11 is 1.11. The number of fused-ring (bicyclic) bond motifs is 1. The van der Waals surface area contributed by atoms with Gasteiger partial charge >= 0.3 is 6.18 Å². The van der Waals surface area contributed by atoms with Crippen LogP contribution in [0.5, 0.6) is 0 Å². The summed E-state index contributed by atoms with van der Waals surface area (Å²) in [6.07, 6.45) is -4.78. The summed E-state index contributed by atoms with van der Waals surface area (Å²) in [6.45, 7) is 8.53.